The molecule has 0 atom stereocenters. The Hall–Kier alpha value is -1.90. The van der Waals surface area contributed by atoms with Gasteiger partial charge in [0.25, 0.3) is 0 Å². The largest absolute Gasteiger partial charge is 0.439 e. The van der Waals surface area contributed by atoms with Gasteiger partial charge in [-0.25, -0.2) is 9.37 Å². The third-order valence-corrected chi connectivity index (χ3v) is 1.99. The molecule has 0 saturated heterocycles. The van der Waals surface area contributed by atoms with Crippen molar-refractivity contribution in [1.29, 1.82) is 0 Å². The molecule has 0 spiro atoms. The maximum atomic E-state index is 12.6. The van der Waals surface area contributed by atoms with E-state index in [1.54, 1.807) is 18.3 Å². The highest BCUT2D eigenvalue weighted by atomic mass is 19.1. The lowest BCUT2D eigenvalue weighted by Crippen LogP contribution is -1.90. The molecule has 2 nitrogen and oxygen atoms in total. The molecule has 0 amide bonds. The van der Waals surface area contributed by atoms with Crippen LogP contribution in [0.4, 0.5) is 4.39 Å². The molecule has 0 radical (unpaired) electrons. The van der Waals surface area contributed by atoms with Gasteiger partial charge in [0.2, 0.25) is 5.88 Å². The number of aryl methyl sites for hydroxylation is 1. The molecular weight excluding hydrogens is 217 g/mol. The van der Waals surface area contributed by atoms with E-state index in [0.29, 0.717) is 11.6 Å². The Kier molecular flexibility index (Phi) is 5.14. The van der Waals surface area contributed by atoms with Crippen molar-refractivity contribution in [3.63, 3.8) is 0 Å². The third-order valence-electron chi connectivity index (χ3n) is 1.99. The number of nitrogens with zero attached hydrogens (tertiary/aromatic N) is 1. The van der Waals surface area contributed by atoms with Gasteiger partial charge in [-0.15, -0.1) is 0 Å². The number of aromatic nitrogens is 1. The summed E-state index contributed by atoms with van der Waals surface area (Å²) in [6.07, 6.45) is 1.66. The van der Waals surface area contributed by atoms with Crippen LogP contribution in [-0.4, -0.2) is 4.98 Å². The Labute approximate surface area is 101 Å². The minimum absolute atomic E-state index is 0.278. The number of halogens is 1. The van der Waals surface area contributed by atoms with Crippen LogP contribution in [0.5, 0.6) is 11.6 Å². The lowest BCUT2D eigenvalue weighted by molar-refractivity contribution is 0.457. The Bertz CT molecular complexity index is 454. The Morgan fingerprint density at radius 2 is 1.71 bits per heavy atom. The Morgan fingerprint density at radius 1 is 1.06 bits per heavy atom. The maximum Gasteiger partial charge on any atom is 0.222 e. The third kappa shape index (κ3) is 3.87. The lowest BCUT2D eigenvalue weighted by Gasteiger charge is -2.06. The summed E-state index contributed by atoms with van der Waals surface area (Å²) >= 11 is 0. The number of benzene rings is 1. The van der Waals surface area contributed by atoms with Gasteiger partial charge >= 0.3 is 0 Å². The van der Waals surface area contributed by atoms with Crippen molar-refractivity contribution in [3.05, 3.63) is 54.0 Å². The predicted octanol–water partition coefficient (Wildman–Crippen LogP) is 4.35. The molecule has 17 heavy (non-hydrogen) atoms. The zero-order valence-electron chi connectivity index (χ0n) is 10.3. The minimum Gasteiger partial charge on any atom is -0.439 e. The molecule has 2 aromatic rings. The van der Waals surface area contributed by atoms with Crippen LogP contribution in [0.2, 0.25) is 0 Å². The second-order valence-corrected chi connectivity index (χ2v) is 3.18. The van der Waals surface area contributed by atoms with E-state index in [0.717, 1.165) is 5.56 Å². The molecule has 0 unspecified atom stereocenters. The first-order valence-corrected chi connectivity index (χ1v) is 5.61. The highest BCUT2D eigenvalue weighted by molar-refractivity contribution is 5.31. The zero-order chi connectivity index (χ0) is 12.7. The summed E-state index contributed by atoms with van der Waals surface area (Å²) in [6.45, 7) is 5.91. The molecule has 0 aliphatic rings. The highest BCUT2D eigenvalue weighted by Crippen LogP contribution is 2.21. The standard InChI is InChI=1S/C12H10FNO.C2H6/c1-9-3-2-8-14-12(9)15-11-6-4-10(13)5-7-11;1-2/h2-8H,1H3;1-2H3. The smallest absolute Gasteiger partial charge is 0.222 e. The van der Waals surface area contributed by atoms with Gasteiger partial charge in [-0.2, -0.15) is 0 Å². The van der Waals surface area contributed by atoms with Gasteiger partial charge in [-0.05, 0) is 37.3 Å². The Balaban J connectivity index is 0.000000686. The summed E-state index contributed by atoms with van der Waals surface area (Å²) in [5.74, 6) is 0.849. The van der Waals surface area contributed by atoms with Gasteiger partial charge < -0.3 is 4.74 Å². The van der Waals surface area contributed by atoms with Gasteiger partial charge in [0.05, 0.1) is 0 Å². The fourth-order valence-corrected chi connectivity index (χ4v) is 1.19. The zero-order valence-corrected chi connectivity index (χ0v) is 10.3. The van der Waals surface area contributed by atoms with E-state index >= 15 is 0 Å². The molecule has 3 heteroatoms. The van der Waals surface area contributed by atoms with Crippen molar-refractivity contribution in [2.75, 3.05) is 0 Å². The molecule has 1 heterocycles. The van der Waals surface area contributed by atoms with Crippen LogP contribution in [0.15, 0.2) is 42.6 Å². The summed E-state index contributed by atoms with van der Waals surface area (Å²) < 4.78 is 18.1. The summed E-state index contributed by atoms with van der Waals surface area (Å²) in [5, 5.41) is 0. The van der Waals surface area contributed by atoms with Gasteiger partial charge in [-0.1, -0.05) is 19.9 Å². The summed E-state index contributed by atoms with van der Waals surface area (Å²) in [4.78, 5) is 4.08. The van der Waals surface area contributed by atoms with E-state index in [2.05, 4.69) is 4.98 Å². The molecule has 1 aromatic carbocycles. The first kappa shape index (κ1) is 13.2. The molecule has 0 aliphatic carbocycles. The quantitative estimate of drug-likeness (QED) is 0.769. The van der Waals surface area contributed by atoms with Crippen molar-refractivity contribution in [3.8, 4) is 11.6 Å². The van der Waals surface area contributed by atoms with Crippen LogP contribution >= 0.6 is 0 Å². The SMILES string of the molecule is CC.Cc1cccnc1Oc1ccc(F)cc1. The first-order chi connectivity index (χ1) is 8.25. The highest BCUT2D eigenvalue weighted by Gasteiger charge is 2.01. The molecular formula is C14H16FNO. The minimum atomic E-state index is -0.278. The number of pyridine rings is 1. The van der Waals surface area contributed by atoms with Crippen molar-refractivity contribution in [2.45, 2.75) is 20.8 Å². The number of hydrogen-bond donors (Lipinski definition) is 0. The average Bonchev–Trinajstić information content (AvgIpc) is 2.37. The van der Waals surface area contributed by atoms with Crippen LogP contribution < -0.4 is 4.74 Å². The predicted molar refractivity (Wildman–Crippen MR) is 66.8 cm³/mol. The van der Waals surface area contributed by atoms with E-state index in [4.69, 9.17) is 4.74 Å². The molecule has 0 N–H and O–H groups in total. The molecule has 0 saturated carbocycles. The lowest BCUT2D eigenvalue weighted by atomic mass is 10.3. The number of rotatable bonds is 2. The second-order valence-electron chi connectivity index (χ2n) is 3.18. The van der Waals surface area contributed by atoms with Crippen molar-refractivity contribution >= 4 is 0 Å². The topological polar surface area (TPSA) is 22.1 Å². The van der Waals surface area contributed by atoms with E-state index in [1.807, 2.05) is 32.9 Å². The molecule has 0 fully saturated rings. The molecule has 90 valence electrons. The van der Waals surface area contributed by atoms with Crippen LogP contribution in [0.1, 0.15) is 19.4 Å². The Morgan fingerprint density at radius 3 is 2.29 bits per heavy atom. The van der Waals surface area contributed by atoms with Gasteiger partial charge in [-0.3, -0.25) is 0 Å². The average molecular weight is 233 g/mol. The molecule has 1 aromatic heterocycles. The van der Waals surface area contributed by atoms with Gasteiger partial charge in [0.15, 0.2) is 0 Å². The van der Waals surface area contributed by atoms with Crippen LogP contribution in [0.25, 0.3) is 0 Å². The van der Waals surface area contributed by atoms with Crippen LogP contribution in [0.3, 0.4) is 0 Å². The summed E-state index contributed by atoms with van der Waals surface area (Å²) in [6, 6.07) is 9.60. The molecule has 2 rings (SSSR count). The van der Waals surface area contributed by atoms with E-state index in [9.17, 15) is 4.39 Å². The van der Waals surface area contributed by atoms with Crippen molar-refractivity contribution < 1.29 is 9.13 Å². The van der Waals surface area contributed by atoms with E-state index in [-0.39, 0.29) is 5.82 Å². The molecule has 0 aliphatic heterocycles. The monoisotopic (exact) mass is 233 g/mol. The second kappa shape index (κ2) is 6.63. The molecule has 0 bridgehead atoms. The number of ether oxygens (including phenoxy) is 1. The first-order valence-electron chi connectivity index (χ1n) is 5.61. The van der Waals surface area contributed by atoms with E-state index < -0.39 is 0 Å². The fraction of sp³-hybridized carbons (Fsp3) is 0.214. The fourth-order valence-electron chi connectivity index (χ4n) is 1.19. The van der Waals surface area contributed by atoms with Crippen LogP contribution in [0, 0.1) is 12.7 Å². The summed E-state index contributed by atoms with van der Waals surface area (Å²) in [5.41, 5.74) is 0.946. The summed E-state index contributed by atoms with van der Waals surface area (Å²) in [7, 11) is 0. The maximum absolute atomic E-state index is 12.6. The van der Waals surface area contributed by atoms with Crippen molar-refractivity contribution in [2.24, 2.45) is 0 Å². The van der Waals surface area contributed by atoms with Crippen molar-refractivity contribution in [1.82, 2.24) is 4.98 Å². The number of hydrogen-bond acceptors (Lipinski definition) is 2. The van der Waals surface area contributed by atoms with Gasteiger partial charge in [0.1, 0.15) is 11.6 Å². The van der Waals surface area contributed by atoms with Gasteiger partial charge in [0, 0.05) is 11.8 Å². The van der Waals surface area contributed by atoms with Crippen LogP contribution in [-0.2, 0) is 0 Å². The van der Waals surface area contributed by atoms with E-state index in [1.165, 1.54) is 12.1 Å². The normalized spacial score (nSPS) is 9.18.